The maximum atomic E-state index is 3.52. The molecule has 16 heavy (non-hydrogen) atoms. The van der Waals surface area contributed by atoms with Crippen LogP contribution in [0.5, 0.6) is 0 Å². The van der Waals surface area contributed by atoms with E-state index in [1.165, 1.54) is 9.13 Å². The van der Waals surface area contributed by atoms with Gasteiger partial charge in [0.05, 0.1) is 0 Å². The van der Waals surface area contributed by atoms with Gasteiger partial charge in [-0.2, -0.15) is 0 Å². The van der Waals surface area contributed by atoms with E-state index in [0.717, 1.165) is 16.7 Å². The molecule has 0 amide bonds. The summed E-state index contributed by atoms with van der Waals surface area (Å²) in [6, 6.07) is 16.7. The summed E-state index contributed by atoms with van der Waals surface area (Å²) in [5.74, 6) is 0. The lowest BCUT2D eigenvalue weighted by molar-refractivity contribution is 1.15. The Kier molecular flexibility index (Phi) is 4.23. The van der Waals surface area contributed by atoms with Gasteiger partial charge in [0.1, 0.15) is 0 Å². The molecule has 0 spiro atoms. The lowest BCUT2D eigenvalue weighted by atomic mass is 10.2. The van der Waals surface area contributed by atoms with Gasteiger partial charge in [-0.1, -0.05) is 30.3 Å². The largest absolute Gasteiger partial charge is 0.381 e. The molecule has 0 fully saturated rings. The molecule has 0 saturated heterocycles. The van der Waals surface area contributed by atoms with Crippen LogP contribution in [0.4, 0.5) is 5.69 Å². The first-order chi connectivity index (χ1) is 7.75. The Morgan fingerprint density at radius 3 is 2.50 bits per heavy atom. The molecular weight excluding hydrogens is 377 g/mol. The molecule has 0 aliphatic carbocycles. The lowest BCUT2D eigenvalue weighted by Gasteiger charge is -2.07. The highest BCUT2D eigenvalue weighted by atomic mass is 127. The molecule has 3 heteroatoms. The Hall–Kier alpha value is -0.550. The summed E-state index contributed by atoms with van der Waals surface area (Å²) in [5.41, 5.74) is 2.42. The smallest absolute Gasteiger partial charge is 0.0400 e. The standard InChI is InChI=1S/C13H11BrIN/c14-12-8-11(6-7-13(12)15)16-9-10-4-2-1-3-5-10/h1-8,16H,9H2. The van der Waals surface area contributed by atoms with E-state index >= 15 is 0 Å². The van der Waals surface area contributed by atoms with Gasteiger partial charge in [0.15, 0.2) is 0 Å². The van der Waals surface area contributed by atoms with Crippen molar-refractivity contribution in [1.29, 1.82) is 0 Å². The van der Waals surface area contributed by atoms with Crippen molar-refractivity contribution in [3.8, 4) is 0 Å². The van der Waals surface area contributed by atoms with Gasteiger partial charge in [-0.15, -0.1) is 0 Å². The van der Waals surface area contributed by atoms with Crippen molar-refractivity contribution in [3.63, 3.8) is 0 Å². The third-order valence-corrected chi connectivity index (χ3v) is 4.60. The van der Waals surface area contributed by atoms with Crippen LogP contribution in [0, 0.1) is 3.57 Å². The normalized spacial score (nSPS) is 10.1. The summed E-state index contributed by atoms with van der Waals surface area (Å²) in [4.78, 5) is 0. The predicted octanol–water partition coefficient (Wildman–Crippen LogP) is 4.67. The van der Waals surface area contributed by atoms with Crippen molar-refractivity contribution >= 4 is 44.2 Å². The fraction of sp³-hybridized carbons (Fsp3) is 0.0769. The van der Waals surface area contributed by atoms with Gasteiger partial charge in [0, 0.05) is 20.3 Å². The van der Waals surface area contributed by atoms with Crippen molar-refractivity contribution in [2.45, 2.75) is 6.54 Å². The Balaban J connectivity index is 2.03. The minimum Gasteiger partial charge on any atom is -0.381 e. The highest BCUT2D eigenvalue weighted by molar-refractivity contribution is 14.1. The summed E-state index contributed by atoms with van der Waals surface area (Å²) < 4.78 is 2.36. The molecule has 1 nitrogen and oxygen atoms in total. The number of hydrogen-bond acceptors (Lipinski definition) is 1. The molecule has 0 bridgehead atoms. The molecular formula is C13H11BrIN. The summed E-state index contributed by atoms with van der Waals surface area (Å²) in [7, 11) is 0. The van der Waals surface area contributed by atoms with Crippen molar-refractivity contribution in [3.05, 3.63) is 62.1 Å². The van der Waals surface area contributed by atoms with Gasteiger partial charge in [-0.05, 0) is 62.3 Å². The van der Waals surface area contributed by atoms with Crippen molar-refractivity contribution in [2.24, 2.45) is 0 Å². The van der Waals surface area contributed by atoms with Crippen molar-refractivity contribution in [2.75, 3.05) is 5.32 Å². The number of benzene rings is 2. The van der Waals surface area contributed by atoms with Gasteiger partial charge in [0.2, 0.25) is 0 Å². The number of halogens is 2. The third-order valence-electron chi connectivity index (χ3n) is 2.26. The quantitative estimate of drug-likeness (QED) is 0.755. The van der Waals surface area contributed by atoms with Crippen LogP contribution in [0.1, 0.15) is 5.56 Å². The molecule has 0 aliphatic heterocycles. The van der Waals surface area contributed by atoms with Crippen LogP contribution < -0.4 is 5.32 Å². The van der Waals surface area contributed by atoms with E-state index < -0.39 is 0 Å². The first kappa shape index (κ1) is 11.9. The zero-order valence-electron chi connectivity index (χ0n) is 8.58. The Morgan fingerprint density at radius 1 is 1.06 bits per heavy atom. The maximum Gasteiger partial charge on any atom is 0.0400 e. The number of hydrogen-bond donors (Lipinski definition) is 1. The van der Waals surface area contributed by atoms with Crippen LogP contribution in [0.3, 0.4) is 0 Å². The van der Waals surface area contributed by atoms with E-state index in [0.29, 0.717) is 0 Å². The van der Waals surface area contributed by atoms with E-state index in [9.17, 15) is 0 Å². The fourth-order valence-corrected chi connectivity index (χ4v) is 2.12. The SMILES string of the molecule is Brc1cc(NCc2ccccc2)ccc1I. The Bertz CT molecular complexity index is 471. The molecule has 0 unspecified atom stereocenters. The minimum atomic E-state index is 0.855. The second kappa shape index (κ2) is 5.68. The first-order valence-corrected chi connectivity index (χ1v) is 6.86. The summed E-state index contributed by atoms with van der Waals surface area (Å²) >= 11 is 5.83. The zero-order chi connectivity index (χ0) is 11.4. The van der Waals surface area contributed by atoms with Crippen molar-refractivity contribution in [1.82, 2.24) is 0 Å². The van der Waals surface area contributed by atoms with Gasteiger partial charge in [-0.25, -0.2) is 0 Å². The number of rotatable bonds is 3. The van der Waals surface area contributed by atoms with E-state index in [1.54, 1.807) is 0 Å². The van der Waals surface area contributed by atoms with Gasteiger partial charge < -0.3 is 5.32 Å². The molecule has 0 heterocycles. The third kappa shape index (κ3) is 3.22. The molecule has 1 N–H and O–H groups in total. The predicted molar refractivity (Wildman–Crippen MR) is 80.6 cm³/mol. The van der Waals surface area contributed by atoms with Gasteiger partial charge in [0.25, 0.3) is 0 Å². The zero-order valence-corrected chi connectivity index (χ0v) is 12.3. The highest BCUT2D eigenvalue weighted by Crippen LogP contribution is 2.23. The average molecular weight is 388 g/mol. The van der Waals surface area contributed by atoms with E-state index in [-0.39, 0.29) is 0 Å². The molecule has 0 aromatic heterocycles. The molecule has 0 aliphatic rings. The Labute approximate surface area is 118 Å². The van der Waals surface area contributed by atoms with E-state index in [1.807, 2.05) is 6.07 Å². The summed E-state index contributed by atoms with van der Waals surface area (Å²) in [5, 5.41) is 3.40. The molecule has 82 valence electrons. The molecule has 0 saturated carbocycles. The average Bonchev–Trinajstić information content (AvgIpc) is 2.32. The molecule has 2 rings (SSSR count). The maximum absolute atomic E-state index is 3.52. The van der Waals surface area contributed by atoms with Crippen LogP contribution >= 0.6 is 38.5 Å². The van der Waals surface area contributed by atoms with E-state index in [4.69, 9.17) is 0 Å². The van der Waals surface area contributed by atoms with Gasteiger partial charge >= 0.3 is 0 Å². The van der Waals surface area contributed by atoms with Crippen LogP contribution in [0.2, 0.25) is 0 Å². The summed E-state index contributed by atoms with van der Waals surface area (Å²) in [6.45, 7) is 0.855. The van der Waals surface area contributed by atoms with Crippen molar-refractivity contribution < 1.29 is 0 Å². The molecule has 0 atom stereocenters. The van der Waals surface area contributed by atoms with Gasteiger partial charge in [-0.3, -0.25) is 0 Å². The Morgan fingerprint density at radius 2 is 1.81 bits per heavy atom. The topological polar surface area (TPSA) is 12.0 Å². The molecule has 0 radical (unpaired) electrons. The highest BCUT2D eigenvalue weighted by Gasteiger charge is 1.98. The lowest BCUT2D eigenvalue weighted by Crippen LogP contribution is -1.98. The van der Waals surface area contributed by atoms with Crippen LogP contribution in [-0.4, -0.2) is 0 Å². The number of nitrogens with one attached hydrogen (secondary N) is 1. The second-order valence-electron chi connectivity index (χ2n) is 3.47. The molecule has 2 aromatic rings. The first-order valence-electron chi connectivity index (χ1n) is 4.98. The summed E-state index contributed by atoms with van der Waals surface area (Å²) in [6.07, 6.45) is 0. The number of anilines is 1. The van der Waals surface area contributed by atoms with Crippen LogP contribution in [0.15, 0.2) is 53.0 Å². The van der Waals surface area contributed by atoms with Crippen LogP contribution in [0.25, 0.3) is 0 Å². The van der Waals surface area contributed by atoms with E-state index in [2.05, 4.69) is 86.3 Å². The fourth-order valence-electron chi connectivity index (χ4n) is 1.41. The van der Waals surface area contributed by atoms with Crippen LogP contribution in [-0.2, 0) is 6.54 Å². The molecule has 2 aromatic carbocycles. The second-order valence-corrected chi connectivity index (χ2v) is 5.48. The minimum absolute atomic E-state index is 0.855. The monoisotopic (exact) mass is 387 g/mol.